The second kappa shape index (κ2) is 4.10. The molecule has 0 saturated heterocycles. The summed E-state index contributed by atoms with van der Waals surface area (Å²) in [6.45, 7) is 0. The molecule has 0 spiro atoms. The van der Waals surface area contributed by atoms with Crippen LogP contribution >= 0.6 is 0 Å². The first-order chi connectivity index (χ1) is 9.42. The number of hydrogen-bond donors (Lipinski definition) is 0. The molecule has 1 atom stereocenters. The Labute approximate surface area is 113 Å². The molecule has 0 amide bonds. The molecular formula is C19H13. The fraction of sp³-hybridized carbons (Fsp3) is 0.0526. The minimum Gasteiger partial charge on any atom is -0.0720 e. The Kier molecular flexibility index (Phi) is 2.28. The third-order valence-corrected chi connectivity index (χ3v) is 3.82. The molecule has 0 nitrogen and oxygen atoms in total. The molecular weight excluding hydrogens is 228 g/mol. The Morgan fingerprint density at radius 2 is 1.63 bits per heavy atom. The van der Waals surface area contributed by atoms with Crippen LogP contribution in [0, 0.1) is 6.07 Å². The highest BCUT2D eigenvalue weighted by Gasteiger charge is 2.18. The molecule has 0 saturated carbocycles. The van der Waals surface area contributed by atoms with E-state index in [2.05, 4.69) is 78.9 Å². The molecule has 1 aliphatic rings. The number of rotatable bonds is 1. The Bertz CT molecular complexity index is 781. The first kappa shape index (κ1) is 10.6. The summed E-state index contributed by atoms with van der Waals surface area (Å²) in [5, 5.41) is 2.44. The zero-order valence-electron chi connectivity index (χ0n) is 10.5. The van der Waals surface area contributed by atoms with Crippen molar-refractivity contribution >= 4 is 16.8 Å². The molecule has 3 aromatic rings. The molecule has 1 unspecified atom stereocenters. The van der Waals surface area contributed by atoms with Gasteiger partial charge in [0.05, 0.1) is 0 Å². The van der Waals surface area contributed by atoms with Gasteiger partial charge >= 0.3 is 0 Å². The van der Waals surface area contributed by atoms with E-state index in [-0.39, 0.29) is 0 Å². The molecule has 19 heavy (non-hydrogen) atoms. The Balaban J connectivity index is 1.86. The molecule has 0 heteroatoms. The van der Waals surface area contributed by atoms with Gasteiger partial charge in [0, 0.05) is 5.92 Å². The number of fused-ring (bicyclic) bond motifs is 2. The van der Waals surface area contributed by atoms with Gasteiger partial charge in [0.2, 0.25) is 0 Å². The average molecular weight is 241 g/mol. The van der Waals surface area contributed by atoms with Crippen LogP contribution in [0.4, 0.5) is 0 Å². The van der Waals surface area contributed by atoms with Gasteiger partial charge in [0.25, 0.3) is 0 Å². The van der Waals surface area contributed by atoms with Crippen LogP contribution in [0.5, 0.6) is 0 Å². The van der Waals surface area contributed by atoms with E-state index in [0.717, 1.165) is 0 Å². The predicted octanol–water partition coefficient (Wildman–Crippen LogP) is 4.80. The van der Waals surface area contributed by atoms with Crippen molar-refractivity contribution in [3.8, 4) is 0 Å². The second-order valence-corrected chi connectivity index (χ2v) is 4.97. The summed E-state index contributed by atoms with van der Waals surface area (Å²) < 4.78 is 0. The van der Waals surface area contributed by atoms with Crippen molar-refractivity contribution in [2.45, 2.75) is 5.92 Å². The predicted molar refractivity (Wildman–Crippen MR) is 80.1 cm³/mol. The fourth-order valence-electron chi connectivity index (χ4n) is 2.83. The van der Waals surface area contributed by atoms with Gasteiger partial charge in [0.1, 0.15) is 0 Å². The summed E-state index contributed by atoms with van der Waals surface area (Å²) in [4.78, 5) is 0. The van der Waals surface area contributed by atoms with Gasteiger partial charge in [-0.05, 0) is 33.5 Å². The van der Waals surface area contributed by atoms with Crippen molar-refractivity contribution in [2.24, 2.45) is 0 Å². The molecule has 0 bridgehead atoms. The highest BCUT2D eigenvalue weighted by atomic mass is 14.2. The van der Waals surface area contributed by atoms with Crippen molar-refractivity contribution in [3.63, 3.8) is 0 Å². The summed E-state index contributed by atoms with van der Waals surface area (Å²) in [5.41, 5.74) is 3.96. The average Bonchev–Trinajstić information content (AvgIpc) is 2.91. The molecule has 89 valence electrons. The standard InChI is InChI=1S/C19H13/c1-2-7-16-13-17(10-9-14(16)5-1)19-12-11-15-6-3-4-8-18(15)19/h1-12,19H. The molecule has 0 heterocycles. The van der Waals surface area contributed by atoms with Gasteiger partial charge in [-0.1, -0.05) is 72.8 Å². The molecule has 0 fully saturated rings. The third kappa shape index (κ3) is 1.68. The van der Waals surface area contributed by atoms with Crippen molar-refractivity contribution < 1.29 is 0 Å². The van der Waals surface area contributed by atoms with Crippen LogP contribution < -0.4 is 0 Å². The van der Waals surface area contributed by atoms with Gasteiger partial charge in [-0.3, -0.25) is 0 Å². The van der Waals surface area contributed by atoms with Crippen molar-refractivity contribution in [2.75, 3.05) is 0 Å². The van der Waals surface area contributed by atoms with Crippen LogP contribution in [0.1, 0.15) is 22.6 Å². The van der Waals surface area contributed by atoms with Gasteiger partial charge in [0.15, 0.2) is 0 Å². The van der Waals surface area contributed by atoms with Crippen molar-refractivity contribution in [1.82, 2.24) is 0 Å². The van der Waals surface area contributed by atoms with Crippen LogP contribution in [0.15, 0.2) is 66.7 Å². The smallest absolute Gasteiger partial charge is 0.0285 e. The Morgan fingerprint density at radius 3 is 2.63 bits per heavy atom. The van der Waals surface area contributed by atoms with E-state index in [1.807, 2.05) is 0 Å². The number of hydrogen-bond acceptors (Lipinski definition) is 0. The van der Waals surface area contributed by atoms with Gasteiger partial charge in [-0.2, -0.15) is 0 Å². The van der Waals surface area contributed by atoms with Crippen LogP contribution in [0.25, 0.3) is 16.8 Å². The largest absolute Gasteiger partial charge is 0.0720 e. The van der Waals surface area contributed by atoms with E-state index >= 15 is 0 Å². The van der Waals surface area contributed by atoms with Crippen molar-refractivity contribution in [3.05, 3.63) is 89.5 Å². The second-order valence-electron chi connectivity index (χ2n) is 4.97. The van der Waals surface area contributed by atoms with Crippen LogP contribution in [-0.4, -0.2) is 0 Å². The molecule has 3 aromatic carbocycles. The van der Waals surface area contributed by atoms with Gasteiger partial charge in [-0.15, -0.1) is 0 Å². The molecule has 0 aliphatic heterocycles. The highest BCUT2D eigenvalue weighted by Crippen LogP contribution is 2.35. The summed E-state index contributed by atoms with van der Waals surface area (Å²) in [6, 6.07) is 24.9. The van der Waals surface area contributed by atoms with E-state index in [1.165, 1.54) is 27.5 Å². The lowest BCUT2D eigenvalue weighted by Crippen LogP contribution is -1.95. The molecule has 1 radical (unpaired) electrons. The summed E-state index contributed by atoms with van der Waals surface area (Å²) in [7, 11) is 0. The highest BCUT2D eigenvalue weighted by molar-refractivity contribution is 5.83. The van der Waals surface area contributed by atoms with Gasteiger partial charge in [-0.25, -0.2) is 0 Å². The summed E-state index contributed by atoms with van der Waals surface area (Å²) >= 11 is 0. The maximum Gasteiger partial charge on any atom is 0.0285 e. The van der Waals surface area contributed by atoms with E-state index in [0.29, 0.717) is 5.92 Å². The lowest BCUT2D eigenvalue weighted by Gasteiger charge is -2.12. The lowest BCUT2D eigenvalue weighted by molar-refractivity contribution is 1.05. The Morgan fingerprint density at radius 1 is 0.789 bits per heavy atom. The Hall–Kier alpha value is -2.34. The quantitative estimate of drug-likeness (QED) is 0.574. The van der Waals surface area contributed by atoms with Crippen LogP contribution in [-0.2, 0) is 0 Å². The minimum atomic E-state index is 0.348. The first-order valence-electron chi connectivity index (χ1n) is 6.60. The SMILES string of the molecule is [c]1c(C2C=Cc3ccccc32)ccc2ccccc12. The fourth-order valence-corrected chi connectivity index (χ4v) is 2.83. The van der Waals surface area contributed by atoms with E-state index in [4.69, 9.17) is 0 Å². The number of allylic oxidation sites excluding steroid dienone is 1. The summed E-state index contributed by atoms with van der Waals surface area (Å²) in [6.07, 6.45) is 4.48. The lowest BCUT2D eigenvalue weighted by atomic mass is 9.91. The normalized spacial score (nSPS) is 16.7. The molecule has 4 rings (SSSR count). The van der Waals surface area contributed by atoms with Crippen LogP contribution in [0.2, 0.25) is 0 Å². The van der Waals surface area contributed by atoms with Crippen molar-refractivity contribution in [1.29, 1.82) is 0 Å². The van der Waals surface area contributed by atoms with E-state index < -0.39 is 0 Å². The molecule has 0 aromatic heterocycles. The first-order valence-corrected chi connectivity index (χ1v) is 6.60. The third-order valence-electron chi connectivity index (χ3n) is 3.82. The zero-order chi connectivity index (χ0) is 12.7. The maximum atomic E-state index is 3.56. The maximum absolute atomic E-state index is 3.56. The van der Waals surface area contributed by atoms with Crippen LogP contribution in [0.3, 0.4) is 0 Å². The van der Waals surface area contributed by atoms with E-state index in [9.17, 15) is 0 Å². The monoisotopic (exact) mass is 241 g/mol. The summed E-state index contributed by atoms with van der Waals surface area (Å²) in [5.74, 6) is 0.348. The minimum absolute atomic E-state index is 0.348. The topological polar surface area (TPSA) is 0 Å². The molecule has 0 N–H and O–H groups in total. The number of benzene rings is 3. The van der Waals surface area contributed by atoms with Gasteiger partial charge < -0.3 is 0 Å². The zero-order valence-corrected chi connectivity index (χ0v) is 10.5. The van der Waals surface area contributed by atoms with E-state index in [1.54, 1.807) is 0 Å². The molecule has 1 aliphatic carbocycles.